The van der Waals surface area contributed by atoms with Crippen molar-refractivity contribution in [1.82, 2.24) is 9.88 Å². The topological polar surface area (TPSA) is 67.0 Å². The van der Waals surface area contributed by atoms with E-state index in [1.165, 1.54) is 0 Å². The fraction of sp³-hybridized carbons (Fsp3) is 0.120. The molecule has 6 heteroatoms. The molecule has 154 valence electrons. The highest BCUT2D eigenvalue weighted by Crippen LogP contribution is 2.24. The van der Waals surface area contributed by atoms with Crippen LogP contribution in [0.1, 0.15) is 10.4 Å². The van der Waals surface area contributed by atoms with Crippen molar-refractivity contribution in [2.45, 2.75) is 13.1 Å². The van der Waals surface area contributed by atoms with Crippen LogP contribution in [0.25, 0.3) is 17.0 Å². The molecule has 4 rings (SSSR count). The van der Waals surface area contributed by atoms with Crippen LogP contribution in [0.4, 0.5) is 0 Å². The number of rotatable bonds is 8. The van der Waals surface area contributed by atoms with Crippen molar-refractivity contribution in [2.75, 3.05) is 6.61 Å². The van der Waals surface area contributed by atoms with E-state index in [-0.39, 0.29) is 11.5 Å². The van der Waals surface area contributed by atoms with E-state index in [4.69, 9.17) is 4.74 Å². The summed E-state index contributed by atoms with van der Waals surface area (Å²) < 4.78 is 7.91. The number of para-hydroxylation sites is 2. The number of hydrogen-bond acceptors (Lipinski definition) is 4. The third kappa shape index (κ3) is 5.03. The van der Waals surface area contributed by atoms with E-state index in [1.54, 1.807) is 17.4 Å². The first-order valence-corrected chi connectivity index (χ1v) is 10.8. The zero-order valence-corrected chi connectivity index (χ0v) is 17.6. The number of benzene rings is 2. The Labute approximate surface area is 184 Å². The van der Waals surface area contributed by atoms with Crippen LogP contribution in [-0.2, 0) is 17.9 Å². The second-order valence-electron chi connectivity index (χ2n) is 6.89. The lowest BCUT2D eigenvalue weighted by Gasteiger charge is -2.08. The molecule has 31 heavy (non-hydrogen) atoms. The molecular formula is C25H21N3O2S. The molecule has 0 saturated carbocycles. The summed E-state index contributed by atoms with van der Waals surface area (Å²) >= 11 is 1.57. The fourth-order valence-electron chi connectivity index (χ4n) is 3.33. The van der Waals surface area contributed by atoms with Crippen molar-refractivity contribution < 1.29 is 9.53 Å². The van der Waals surface area contributed by atoms with Crippen LogP contribution in [0.15, 0.2) is 83.9 Å². The average molecular weight is 428 g/mol. The molecule has 0 spiro atoms. The van der Waals surface area contributed by atoms with Gasteiger partial charge in [0.1, 0.15) is 24.0 Å². The highest BCUT2D eigenvalue weighted by molar-refractivity contribution is 7.09. The molecule has 0 radical (unpaired) electrons. The Morgan fingerprint density at radius 3 is 2.68 bits per heavy atom. The number of amides is 1. The third-order valence-corrected chi connectivity index (χ3v) is 5.71. The first-order chi connectivity index (χ1) is 15.2. The molecule has 0 bridgehead atoms. The predicted octanol–water partition coefficient (Wildman–Crippen LogP) is 5.01. The SMILES string of the molecule is N#C/C(=C\c1cn(CCOc2ccccc2)c2ccccc12)C(=O)NCc1cccs1. The largest absolute Gasteiger partial charge is 0.492 e. The zero-order valence-electron chi connectivity index (χ0n) is 16.8. The van der Waals surface area contributed by atoms with Crippen molar-refractivity contribution >= 4 is 34.2 Å². The van der Waals surface area contributed by atoms with Gasteiger partial charge in [0.15, 0.2) is 0 Å². The minimum Gasteiger partial charge on any atom is -0.492 e. The van der Waals surface area contributed by atoms with E-state index in [9.17, 15) is 10.1 Å². The molecule has 1 amide bonds. The quantitative estimate of drug-likeness (QED) is 0.318. The molecule has 0 aliphatic rings. The predicted molar refractivity (Wildman–Crippen MR) is 124 cm³/mol. The van der Waals surface area contributed by atoms with Gasteiger partial charge in [0.2, 0.25) is 0 Å². The maximum absolute atomic E-state index is 12.5. The van der Waals surface area contributed by atoms with Crippen LogP contribution in [0.3, 0.4) is 0 Å². The standard InChI is InChI=1S/C25H21N3O2S/c26-16-19(25(29)27-17-22-9-6-14-31-22)15-20-18-28(24-11-5-4-10-23(20)24)12-13-30-21-7-2-1-3-8-21/h1-11,14-15,18H,12-13,17H2,(H,27,29)/b19-15+. The van der Waals surface area contributed by atoms with Gasteiger partial charge in [-0.3, -0.25) is 4.79 Å². The lowest BCUT2D eigenvalue weighted by molar-refractivity contribution is -0.117. The number of hydrogen-bond donors (Lipinski definition) is 1. The number of thiophene rings is 1. The molecule has 2 aromatic heterocycles. The van der Waals surface area contributed by atoms with Gasteiger partial charge in [0, 0.05) is 27.5 Å². The van der Waals surface area contributed by atoms with Crippen LogP contribution in [0, 0.1) is 11.3 Å². The second kappa shape index (κ2) is 9.79. The van der Waals surface area contributed by atoms with Crippen LogP contribution in [-0.4, -0.2) is 17.1 Å². The molecule has 0 aliphatic heterocycles. The minimum absolute atomic E-state index is 0.0833. The molecule has 4 aromatic rings. The van der Waals surface area contributed by atoms with Crippen LogP contribution < -0.4 is 10.1 Å². The van der Waals surface area contributed by atoms with Gasteiger partial charge in [-0.25, -0.2) is 0 Å². The number of carbonyl (C=O) groups is 1. The smallest absolute Gasteiger partial charge is 0.262 e. The Kier molecular flexibility index (Phi) is 6.46. The maximum atomic E-state index is 12.5. The third-order valence-electron chi connectivity index (χ3n) is 4.83. The lowest BCUT2D eigenvalue weighted by atomic mass is 10.1. The zero-order chi connectivity index (χ0) is 21.5. The molecule has 0 fully saturated rings. The van der Waals surface area contributed by atoms with Gasteiger partial charge in [-0.2, -0.15) is 5.26 Å². The molecule has 0 atom stereocenters. The lowest BCUT2D eigenvalue weighted by Crippen LogP contribution is -2.23. The minimum atomic E-state index is -0.375. The number of fused-ring (bicyclic) bond motifs is 1. The first kappa shape index (κ1) is 20.5. The van der Waals surface area contributed by atoms with Gasteiger partial charge >= 0.3 is 0 Å². The molecule has 0 unspecified atom stereocenters. The molecule has 2 aromatic carbocycles. The van der Waals surface area contributed by atoms with E-state index in [1.807, 2.05) is 84.4 Å². The molecule has 0 saturated heterocycles. The summed E-state index contributed by atoms with van der Waals surface area (Å²) in [6.07, 6.45) is 3.61. The summed E-state index contributed by atoms with van der Waals surface area (Å²) in [4.78, 5) is 13.6. The summed E-state index contributed by atoms with van der Waals surface area (Å²) in [6.45, 7) is 1.57. The summed E-state index contributed by atoms with van der Waals surface area (Å²) in [5, 5.41) is 15.3. The van der Waals surface area contributed by atoms with E-state index in [0.717, 1.165) is 27.1 Å². The van der Waals surface area contributed by atoms with E-state index in [0.29, 0.717) is 19.7 Å². The van der Waals surface area contributed by atoms with Crippen molar-refractivity contribution in [3.05, 3.63) is 94.3 Å². The second-order valence-corrected chi connectivity index (χ2v) is 7.92. The van der Waals surface area contributed by atoms with Gasteiger partial charge in [0.05, 0.1) is 13.1 Å². The summed E-state index contributed by atoms with van der Waals surface area (Å²) in [7, 11) is 0. The summed E-state index contributed by atoms with van der Waals surface area (Å²) in [5.74, 6) is 0.452. The van der Waals surface area contributed by atoms with Crippen LogP contribution in [0.2, 0.25) is 0 Å². The number of nitriles is 1. The van der Waals surface area contributed by atoms with Gasteiger partial charge in [-0.05, 0) is 35.7 Å². The van der Waals surface area contributed by atoms with Gasteiger partial charge in [-0.15, -0.1) is 11.3 Å². The molecule has 1 N–H and O–H groups in total. The van der Waals surface area contributed by atoms with Gasteiger partial charge in [-0.1, -0.05) is 42.5 Å². The van der Waals surface area contributed by atoms with Gasteiger partial charge in [0.25, 0.3) is 5.91 Å². The molecule has 2 heterocycles. The van der Waals surface area contributed by atoms with Gasteiger partial charge < -0.3 is 14.6 Å². The fourth-order valence-corrected chi connectivity index (χ4v) is 3.98. The normalized spacial score (nSPS) is 11.3. The van der Waals surface area contributed by atoms with Crippen molar-refractivity contribution in [3.63, 3.8) is 0 Å². The Morgan fingerprint density at radius 1 is 1.10 bits per heavy atom. The van der Waals surface area contributed by atoms with Crippen LogP contribution in [0.5, 0.6) is 5.75 Å². The highest BCUT2D eigenvalue weighted by atomic mass is 32.1. The highest BCUT2D eigenvalue weighted by Gasteiger charge is 2.12. The van der Waals surface area contributed by atoms with Crippen molar-refractivity contribution in [1.29, 1.82) is 5.26 Å². The number of nitrogens with one attached hydrogen (secondary N) is 1. The number of nitrogens with zero attached hydrogens (tertiary/aromatic N) is 2. The van der Waals surface area contributed by atoms with Crippen molar-refractivity contribution in [3.8, 4) is 11.8 Å². The number of aromatic nitrogens is 1. The molecule has 5 nitrogen and oxygen atoms in total. The Morgan fingerprint density at radius 2 is 1.90 bits per heavy atom. The Bertz CT molecular complexity index is 1240. The number of carbonyl (C=O) groups excluding carboxylic acids is 1. The first-order valence-electron chi connectivity index (χ1n) is 9.92. The van der Waals surface area contributed by atoms with E-state index < -0.39 is 0 Å². The van der Waals surface area contributed by atoms with E-state index in [2.05, 4.69) is 9.88 Å². The Hall–Kier alpha value is -3.82. The molecular weight excluding hydrogens is 406 g/mol. The Balaban J connectivity index is 1.52. The van der Waals surface area contributed by atoms with E-state index >= 15 is 0 Å². The van der Waals surface area contributed by atoms with Crippen LogP contribution >= 0.6 is 11.3 Å². The summed E-state index contributed by atoms with van der Waals surface area (Å²) in [5.41, 5.74) is 1.94. The molecule has 0 aliphatic carbocycles. The monoisotopic (exact) mass is 427 g/mol. The van der Waals surface area contributed by atoms with Crippen molar-refractivity contribution in [2.24, 2.45) is 0 Å². The number of ether oxygens (including phenoxy) is 1. The summed E-state index contributed by atoms with van der Waals surface area (Å²) in [6, 6.07) is 23.6. The average Bonchev–Trinajstić information content (AvgIpc) is 3.45. The maximum Gasteiger partial charge on any atom is 0.262 e.